The van der Waals surface area contributed by atoms with Crippen LogP contribution in [0, 0.1) is 0 Å². The number of amides is 1. The van der Waals surface area contributed by atoms with Crippen molar-refractivity contribution >= 4 is 29.1 Å². The van der Waals surface area contributed by atoms with E-state index in [0.29, 0.717) is 36.0 Å². The number of aliphatic hydroxyl groups is 1. The fourth-order valence-electron chi connectivity index (χ4n) is 3.88. The number of Topliss-reactive ketones (excluding diaryl/α,β-unsaturated/α-hetero) is 1. The van der Waals surface area contributed by atoms with Crippen LogP contribution < -0.4 is 14.2 Å². The number of ether oxygens (including phenoxy) is 3. The summed E-state index contributed by atoms with van der Waals surface area (Å²) < 4.78 is 16.3. The van der Waals surface area contributed by atoms with Crippen molar-refractivity contribution in [1.82, 2.24) is 9.80 Å². The Kier molecular flexibility index (Phi) is 8.06. The summed E-state index contributed by atoms with van der Waals surface area (Å²) in [6.07, 6.45) is 0. The number of carbonyl (C=O) groups excluding carboxylic acids is 2. The summed E-state index contributed by atoms with van der Waals surface area (Å²) >= 11 is 6.37. The molecule has 0 aromatic heterocycles. The molecule has 1 aliphatic rings. The maximum absolute atomic E-state index is 13.2. The Hall–Kier alpha value is -3.23. The minimum absolute atomic E-state index is 0.0495. The predicted molar refractivity (Wildman–Crippen MR) is 130 cm³/mol. The van der Waals surface area contributed by atoms with Crippen molar-refractivity contribution in [3.8, 4) is 17.2 Å². The van der Waals surface area contributed by atoms with Gasteiger partial charge in [0.1, 0.15) is 11.5 Å². The van der Waals surface area contributed by atoms with Crippen LogP contribution in [0.2, 0.25) is 5.02 Å². The molecule has 34 heavy (non-hydrogen) atoms. The molecule has 0 saturated carbocycles. The van der Waals surface area contributed by atoms with Gasteiger partial charge in [0.25, 0.3) is 11.7 Å². The van der Waals surface area contributed by atoms with E-state index in [1.54, 1.807) is 36.4 Å². The van der Waals surface area contributed by atoms with Crippen molar-refractivity contribution in [1.29, 1.82) is 0 Å². The predicted octanol–water partition coefficient (Wildman–Crippen LogP) is 3.74. The summed E-state index contributed by atoms with van der Waals surface area (Å²) in [5.74, 6) is -0.414. The average molecular weight is 489 g/mol. The van der Waals surface area contributed by atoms with Gasteiger partial charge in [-0.05, 0) is 56.9 Å². The molecule has 1 unspecified atom stereocenters. The maximum Gasteiger partial charge on any atom is 0.295 e. The topological polar surface area (TPSA) is 88.5 Å². The lowest BCUT2D eigenvalue weighted by Gasteiger charge is -2.27. The van der Waals surface area contributed by atoms with Gasteiger partial charge in [-0.15, -0.1) is 0 Å². The highest BCUT2D eigenvalue weighted by atomic mass is 35.5. The number of hydrogen-bond acceptors (Lipinski definition) is 7. The van der Waals surface area contributed by atoms with Gasteiger partial charge in [0, 0.05) is 18.7 Å². The van der Waals surface area contributed by atoms with Crippen LogP contribution in [0.25, 0.3) is 5.76 Å². The molecule has 1 saturated heterocycles. The molecule has 1 atom stereocenters. The van der Waals surface area contributed by atoms with Crippen molar-refractivity contribution in [2.75, 3.05) is 48.0 Å². The smallest absolute Gasteiger partial charge is 0.295 e. The van der Waals surface area contributed by atoms with Gasteiger partial charge in [0.2, 0.25) is 0 Å². The summed E-state index contributed by atoms with van der Waals surface area (Å²) in [6.45, 7) is 3.06. The first-order chi connectivity index (χ1) is 16.2. The Morgan fingerprint density at radius 2 is 1.79 bits per heavy atom. The molecule has 1 aliphatic heterocycles. The minimum atomic E-state index is -0.841. The Labute approximate surface area is 204 Å². The van der Waals surface area contributed by atoms with E-state index < -0.39 is 17.7 Å². The molecule has 182 valence electrons. The Balaban J connectivity index is 2.22. The molecule has 2 aromatic carbocycles. The molecule has 0 radical (unpaired) electrons. The molecule has 1 heterocycles. The summed E-state index contributed by atoms with van der Waals surface area (Å²) in [7, 11) is 6.78. The standard InChI is InChI=1S/C25H29ClN2O6/c1-6-34-16-8-9-18(26)17(14-16)23(29)21-22(15-7-10-19(32-4)20(13-15)33-5)28(12-11-27(2)3)25(31)24(21)30/h7-10,13-14,22,29H,6,11-12H2,1-5H3/b23-21+. The monoisotopic (exact) mass is 488 g/mol. The number of ketones is 1. The number of likely N-dealkylation sites (tertiary alicyclic amines) is 1. The molecular formula is C25H29ClN2O6. The van der Waals surface area contributed by atoms with Gasteiger partial charge in [0.05, 0.1) is 37.5 Å². The lowest BCUT2D eigenvalue weighted by Crippen LogP contribution is -2.35. The van der Waals surface area contributed by atoms with Gasteiger partial charge >= 0.3 is 0 Å². The van der Waals surface area contributed by atoms with Crippen LogP contribution in [-0.4, -0.2) is 74.6 Å². The van der Waals surface area contributed by atoms with E-state index in [4.69, 9.17) is 25.8 Å². The summed E-state index contributed by atoms with van der Waals surface area (Å²) in [4.78, 5) is 29.6. The Bertz CT molecular complexity index is 1110. The zero-order valence-electron chi connectivity index (χ0n) is 19.9. The lowest BCUT2D eigenvalue weighted by atomic mass is 9.95. The maximum atomic E-state index is 13.2. The van der Waals surface area contributed by atoms with Crippen LogP contribution in [-0.2, 0) is 9.59 Å². The number of methoxy groups -OCH3 is 2. The molecule has 0 aliphatic carbocycles. The number of likely N-dealkylation sites (N-methyl/N-ethyl adjacent to an activating group) is 1. The van der Waals surface area contributed by atoms with Crippen LogP contribution in [0.15, 0.2) is 42.0 Å². The number of halogens is 1. The van der Waals surface area contributed by atoms with Crippen LogP contribution in [0.4, 0.5) is 0 Å². The normalized spacial score (nSPS) is 17.4. The van der Waals surface area contributed by atoms with E-state index >= 15 is 0 Å². The van der Waals surface area contributed by atoms with Crippen LogP contribution >= 0.6 is 11.6 Å². The SMILES string of the molecule is CCOc1ccc(Cl)c(/C(O)=C2\C(=O)C(=O)N(CCN(C)C)C2c2ccc(OC)c(OC)c2)c1. The molecule has 1 fully saturated rings. The highest BCUT2D eigenvalue weighted by Crippen LogP contribution is 2.43. The number of hydrogen-bond donors (Lipinski definition) is 1. The van der Waals surface area contributed by atoms with Crippen LogP contribution in [0.3, 0.4) is 0 Å². The highest BCUT2D eigenvalue weighted by Gasteiger charge is 2.46. The second-order valence-corrected chi connectivity index (χ2v) is 8.39. The van der Waals surface area contributed by atoms with Crippen molar-refractivity contribution in [3.63, 3.8) is 0 Å². The summed E-state index contributed by atoms with van der Waals surface area (Å²) in [6, 6.07) is 9.10. The largest absolute Gasteiger partial charge is 0.507 e. The van der Waals surface area contributed by atoms with Crippen molar-refractivity contribution in [2.24, 2.45) is 0 Å². The summed E-state index contributed by atoms with van der Waals surface area (Å²) in [5.41, 5.74) is 0.754. The Morgan fingerprint density at radius 3 is 2.41 bits per heavy atom. The van der Waals surface area contributed by atoms with E-state index in [1.807, 2.05) is 25.9 Å². The molecule has 0 bridgehead atoms. The summed E-state index contributed by atoms with van der Waals surface area (Å²) in [5, 5.41) is 11.5. The number of carbonyl (C=O) groups is 2. The van der Waals surface area contributed by atoms with Gasteiger partial charge < -0.3 is 29.1 Å². The molecule has 3 rings (SSSR count). The minimum Gasteiger partial charge on any atom is -0.507 e. The Morgan fingerprint density at radius 1 is 1.09 bits per heavy atom. The molecule has 1 amide bonds. The van der Waals surface area contributed by atoms with Gasteiger partial charge in [0.15, 0.2) is 11.5 Å². The van der Waals surface area contributed by atoms with E-state index in [-0.39, 0.29) is 28.5 Å². The molecule has 8 nitrogen and oxygen atoms in total. The quantitative estimate of drug-likeness (QED) is 0.327. The van der Waals surface area contributed by atoms with Crippen molar-refractivity contribution < 1.29 is 28.9 Å². The second-order valence-electron chi connectivity index (χ2n) is 7.98. The first kappa shape index (κ1) is 25.4. The van der Waals surface area contributed by atoms with E-state index in [0.717, 1.165) is 0 Å². The van der Waals surface area contributed by atoms with Crippen LogP contribution in [0.5, 0.6) is 17.2 Å². The van der Waals surface area contributed by atoms with E-state index in [9.17, 15) is 14.7 Å². The number of nitrogens with zero attached hydrogens (tertiary/aromatic N) is 2. The molecule has 2 aromatic rings. The average Bonchev–Trinajstić information content (AvgIpc) is 3.07. The van der Waals surface area contributed by atoms with Crippen LogP contribution in [0.1, 0.15) is 24.1 Å². The third-order valence-corrected chi connectivity index (χ3v) is 5.88. The number of benzene rings is 2. The third-order valence-electron chi connectivity index (χ3n) is 5.56. The van der Waals surface area contributed by atoms with Crippen molar-refractivity contribution in [2.45, 2.75) is 13.0 Å². The first-order valence-corrected chi connectivity index (χ1v) is 11.2. The van der Waals surface area contributed by atoms with Gasteiger partial charge in [-0.3, -0.25) is 9.59 Å². The molecule has 0 spiro atoms. The molecule has 9 heteroatoms. The van der Waals surface area contributed by atoms with Gasteiger partial charge in [-0.2, -0.15) is 0 Å². The zero-order chi connectivity index (χ0) is 25.0. The zero-order valence-corrected chi connectivity index (χ0v) is 20.7. The van der Waals surface area contributed by atoms with Gasteiger partial charge in [-0.1, -0.05) is 17.7 Å². The molecule has 1 N–H and O–H groups in total. The fourth-order valence-corrected chi connectivity index (χ4v) is 4.08. The fraction of sp³-hybridized carbons (Fsp3) is 0.360. The number of rotatable bonds is 9. The second kappa shape index (κ2) is 10.8. The van der Waals surface area contributed by atoms with E-state index in [1.165, 1.54) is 19.1 Å². The van der Waals surface area contributed by atoms with Crippen molar-refractivity contribution in [3.05, 3.63) is 58.1 Å². The molecular weight excluding hydrogens is 460 g/mol. The van der Waals surface area contributed by atoms with E-state index in [2.05, 4.69) is 0 Å². The third kappa shape index (κ3) is 4.98. The lowest BCUT2D eigenvalue weighted by molar-refractivity contribution is -0.140. The highest BCUT2D eigenvalue weighted by molar-refractivity contribution is 6.47. The van der Waals surface area contributed by atoms with Gasteiger partial charge in [-0.25, -0.2) is 0 Å². The number of aliphatic hydroxyl groups excluding tert-OH is 1. The first-order valence-electron chi connectivity index (χ1n) is 10.8.